The Hall–Kier alpha value is -2.27. The molecule has 0 aromatic carbocycles. The highest BCUT2D eigenvalue weighted by Gasteiger charge is 2.60. The van der Waals surface area contributed by atoms with E-state index < -0.39 is 148 Å². The Labute approximate surface area is 512 Å². The van der Waals surface area contributed by atoms with E-state index in [2.05, 4.69) is 24.5 Å². The number of carbonyl (C=O) groups excluding carboxylic acids is 2. The molecule has 3 rings (SSSR count). The van der Waals surface area contributed by atoms with E-state index in [0.717, 1.165) is 58.3 Å². The van der Waals surface area contributed by atoms with Crippen molar-refractivity contribution in [1.82, 2.24) is 10.6 Å². The van der Waals surface area contributed by atoms with Crippen molar-refractivity contribution >= 4 is 17.8 Å². The highest BCUT2D eigenvalue weighted by atomic mass is 16.8. The van der Waals surface area contributed by atoms with Crippen LogP contribution in [0.15, 0.2) is 0 Å². The number of rotatable bonds is 50. The Kier molecular flexibility index (Phi) is 40.9. The molecule has 0 aromatic heterocycles. The largest absolute Gasteiger partial charge is 0.477 e. The van der Waals surface area contributed by atoms with Crippen molar-refractivity contribution in [3.05, 3.63) is 0 Å². The Balaban J connectivity index is 1.62. The lowest BCUT2D eigenvalue weighted by Gasteiger charge is -2.50. The Morgan fingerprint density at radius 1 is 0.558 bits per heavy atom. The number of carboxylic acids is 1. The van der Waals surface area contributed by atoms with Crippen LogP contribution in [0.25, 0.3) is 0 Å². The number of aliphatic hydroxyl groups excluding tert-OH is 11. The number of carboxylic acid groups (broad SMARTS) is 1. The maximum Gasteiger partial charge on any atom is 0.364 e. The average Bonchev–Trinajstić information content (AvgIpc) is 1.49. The summed E-state index contributed by atoms with van der Waals surface area (Å²) in [4.78, 5) is 38.5. The first-order valence-corrected chi connectivity index (χ1v) is 33.4. The summed E-state index contributed by atoms with van der Waals surface area (Å²) in [5.41, 5.74) is 0. The first-order chi connectivity index (χ1) is 41.4. The van der Waals surface area contributed by atoms with Crippen molar-refractivity contribution in [2.75, 3.05) is 26.4 Å². The molecule has 2 amide bonds. The van der Waals surface area contributed by atoms with Crippen LogP contribution >= 0.6 is 0 Å². The van der Waals surface area contributed by atoms with Gasteiger partial charge in [0.1, 0.15) is 67.1 Å². The number of hydrogen-bond acceptors (Lipinski definition) is 20. The summed E-state index contributed by atoms with van der Waals surface area (Å²) in [7, 11) is 0. The number of hydrogen-bond donors (Lipinski definition) is 14. The van der Waals surface area contributed by atoms with Crippen molar-refractivity contribution in [2.24, 2.45) is 0 Å². The SMILES string of the molecule is CCCCCCCCCCCCCCCCCCC(=O)NC(COC1OC(CO)C(OC2OC(CO)C(O)C(OC3(C(=O)O)CC(O)C(NC(C)=O)C(C(O)C(O)CO)O3)C2O)C(O)C1O)C(O)CCCCCCCCCCCCCCCCCC. The summed E-state index contributed by atoms with van der Waals surface area (Å²) in [5, 5.41) is 136. The number of aliphatic carboxylic acids is 1. The second-order valence-corrected chi connectivity index (χ2v) is 24.7. The van der Waals surface area contributed by atoms with Gasteiger partial charge in [-0.15, -0.1) is 0 Å². The van der Waals surface area contributed by atoms with Crippen LogP contribution in [0.4, 0.5) is 0 Å². The first kappa shape index (κ1) is 78.0. The Bertz CT molecular complexity index is 1760. The summed E-state index contributed by atoms with van der Waals surface area (Å²) < 4.78 is 34.8. The van der Waals surface area contributed by atoms with Crippen molar-refractivity contribution < 1.29 is 104 Å². The third-order valence-corrected chi connectivity index (χ3v) is 17.3. The molecule has 506 valence electrons. The molecule has 0 bridgehead atoms. The summed E-state index contributed by atoms with van der Waals surface area (Å²) in [6.07, 6.45) is 9.63. The number of amides is 2. The molecule has 0 aromatic rings. The molecule has 86 heavy (non-hydrogen) atoms. The molecule has 0 radical (unpaired) electrons. The van der Waals surface area contributed by atoms with Gasteiger partial charge in [0.25, 0.3) is 5.79 Å². The van der Waals surface area contributed by atoms with E-state index in [1.165, 1.54) is 141 Å². The van der Waals surface area contributed by atoms with E-state index >= 15 is 0 Å². The van der Waals surface area contributed by atoms with Crippen LogP contribution in [0.2, 0.25) is 0 Å². The normalized spacial score (nSPS) is 29.3. The van der Waals surface area contributed by atoms with Gasteiger partial charge in [-0.05, 0) is 12.8 Å². The maximum atomic E-state index is 13.4. The summed E-state index contributed by atoms with van der Waals surface area (Å²) in [6, 6.07) is -2.52. The quantitative estimate of drug-likeness (QED) is 0.0358. The monoisotopic (exact) mass is 1240 g/mol. The Morgan fingerprint density at radius 2 is 1.01 bits per heavy atom. The molecule has 3 saturated heterocycles. The van der Waals surface area contributed by atoms with E-state index in [-0.39, 0.29) is 18.9 Å². The van der Waals surface area contributed by atoms with Crippen molar-refractivity contribution in [2.45, 2.75) is 355 Å². The standard InChI is InChI=1S/C63H118N2O21/c1-4-6-8-10-12-14-16-18-20-22-24-26-28-30-32-34-36-45(70)44(65-50(73)37-35-33-31-29-27-25-23-21-19-17-15-13-11-9-7-5-2)42-81-60-55(77)54(76)57(49(41-68)83-60)84-61-56(78)59(53(75)48(40-67)82-61)86-63(62(79)80)38-46(71)51(64-43(3)69)58(85-63)52(74)47(72)39-66/h44-49,51-61,66-68,70-72,74-78H,4-42H2,1-3H3,(H,64,69)(H,65,73)(H,79,80). The molecular formula is C63H118N2O21. The molecular weight excluding hydrogens is 1120 g/mol. The van der Waals surface area contributed by atoms with Gasteiger partial charge in [-0.1, -0.05) is 213 Å². The fourth-order valence-corrected chi connectivity index (χ4v) is 11.9. The highest BCUT2D eigenvalue weighted by Crippen LogP contribution is 2.39. The third-order valence-electron chi connectivity index (χ3n) is 17.3. The van der Waals surface area contributed by atoms with Gasteiger partial charge in [0.15, 0.2) is 12.6 Å². The molecule has 0 aliphatic carbocycles. The van der Waals surface area contributed by atoms with E-state index in [9.17, 15) is 75.7 Å². The second-order valence-electron chi connectivity index (χ2n) is 24.7. The van der Waals surface area contributed by atoms with Gasteiger partial charge in [-0.25, -0.2) is 4.79 Å². The van der Waals surface area contributed by atoms with E-state index in [4.69, 9.17) is 28.4 Å². The zero-order valence-corrected chi connectivity index (χ0v) is 52.4. The Morgan fingerprint density at radius 3 is 1.45 bits per heavy atom. The number of aliphatic hydroxyl groups is 11. The lowest BCUT2D eigenvalue weighted by molar-refractivity contribution is -0.386. The zero-order valence-electron chi connectivity index (χ0n) is 52.4. The van der Waals surface area contributed by atoms with Crippen LogP contribution in [-0.4, -0.2) is 215 Å². The highest BCUT2D eigenvalue weighted by molar-refractivity contribution is 5.77. The molecule has 14 N–H and O–H groups in total. The number of nitrogens with one attached hydrogen (secondary N) is 2. The number of carbonyl (C=O) groups is 3. The van der Waals surface area contributed by atoms with Gasteiger partial charge in [0.2, 0.25) is 11.8 Å². The molecule has 23 nitrogen and oxygen atoms in total. The predicted octanol–water partition coefficient (Wildman–Crippen LogP) is 4.95. The topological polar surface area (TPSA) is 373 Å². The van der Waals surface area contributed by atoms with Crippen LogP contribution in [0.3, 0.4) is 0 Å². The zero-order chi connectivity index (χ0) is 63.3. The molecule has 18 unspecified atom stereocenters. The van der Waals surface area contributed by atoms with E-state index in [1.807, 2.05) is 0 Å². The van der Waals surface area contributed by atoms with E-state index in [1.54, 1.807) is 0 Å². The average molecular weight is 1240 g/mol. The van der Waals surface area contributed by atoms with Crippen LogP contribution in [0.1, 0.15) is 245 Å². The van der Waals surface area contributed by atoms with Gasteiger partial charge in [0.05, 0.1) is 50.7 Å². The fraction of sp³-hybridized carbons (Fsp3) is 0.952. The van der Waals surface area contributed by atoms with Crippen LogP contribution in [0, 0.1) is 0 Å². The van der Waals surface area contributed by atoms with Crippen molar-refractivity contribution in [1.29, 1.82) is 0 Å². The molecule has 3 fully saturated rings. The van der Waals surface area contributed by atoms with Gasteiger partial charge in [-0.2, -0.15) is 0 Å². The molecule has 0 spiro atoms. The van der Waals surface area contributed by atoms with E-state index in [0.29, 0.717) is 19.3 Å². The van der Waals surface area contributed by atoms with Crippen LogP contribution in [0.5, 0.6) is 0 Å². The van der Waals surface area contributed by atoms with Gasteiger partial charge < -0.3 is 100 Å². The van der Waals surface area contributed by atoms with Gasteiger partial charge in [-0.3, -0.25) is 9.59 Å². The minimum absolute atomic E-state index is 0.229. The van der Waals surface area contributed by atoms with Gasteiger partial charge >= 0.3 is 5.97 Å². The van der Waals surface area contributed by atoms with Gasteiger partial charge in [0, 0.05) is 19.8 Å². The minimum atomic E-state index is -3.08. The van der Waals surface area contributed by atoms with Crippen LogP contribution < -0.4 is 10.6 Å². The second kappa shape index (κ2) is 45.1. The number of ether oxygens (including phenoxy) is 6. The molecule has 23 heteroatoms. The minimum Gasteiger partial charge on any atom is -0.477 e. The lowest BCUT2D eigenvalue weighted by Crippen LogP contribution is -2.70. The lowest BCUT2D eigenvalue weighted by atomic mass is 9.88. The third kappa shape index (κ3) is 28.1. The number of unbranched alkanes of at least 4 members (excludes halogenated alkanes) is 30. The summed E-state index contributed by atoms with van der Waals surface area (Å²) >= 11 is 0. The summed E-state index contributed by atoms with van der Waals surface area (Å²) in [5.74, 6) is -6.09. The predicted molar refractivity (Wildman–Crippen MR) is 320 cm³/mol. The van der Waals surface area contributed by atoms with Crippen molar-refractivity contribution in [3.8, 4) is 0 Å². The fourth-order valence-electron chi connectivity index (χ4n) is 11.9. The van der Waals surface area contributed by atoms with Crippen LogP contribution in [-0.2, 0) is 42.8 Å². The molecule has 3 heterocycles. The first-order valence-electron chi connectivity index (χ1n) is 33.4. The molecule has 0 saturated carbocycles. The molecule has 3 aliphatic heterocycles. The van der Waals surface area contributed by atoms with Crippen molar-refractivity contribution in [3.63, 3.8) is 0 Å². The summed E-state index contributed by atoms with van der Waals surface area (Å²) in [6.45, 7) is 2.21. The smallest absolute Gasteiger partial charge is 0.364 e. The maximum absolute atomic E-state index is 13.4. The molecule has 3 aliphatic rings. The molecule has 18 atom stereocenters.